The lowest BCUT2D eigenvalue weighted by Gasteiger charge is -2.11. The molecule has 2 heterocycles. The minimum absolute atomic E-state index is 0.238. The first-order valence-corrected chi connectivity index (χ1v) is 10.9. The highest BCUT2D eigenvalue weighted by Gasteiger charge is 2.20. The van der Waals surface area contributed by atoms with Crippen molar-refractivity contribution in [2.45, 2.75) is 0 Å². The van der Waals surface area contributed by atoms with Crippen LogP contribution in [0, 0.1) is 0 Å². The van der Waals surface area contributed by atoms with E-state index in [1.807, 2.05) is 60.7 Å². The van der Waals surface area contributed by atoms with Crippen LogP contribution in [-0.4, -0.2) is 15.1 Å². The summed E-state index contributed by atoms with van der Waals surface area (Å²) in [6.45, 7) is 0. The Labute approximate surface area is 174 Å². The van der Waals surface area contributed by atoms with Crippen LogP contribution in [0.5, 0.6) is 5.75 Å². The standard InChI is InChI=1S/C24H14N2OS2/c27-22-16(23-25-17-9-3-5-11-19(17)28-23)13-14-7-1-2-8-15(14)21(22)24-26-18-10-4-6-12-20(18)29-24/h1-13,27H. The largest absolute Gasteiger partial charge is 0.506 e. The van der Waals surface area contributed by atoms with Gasteiger partial charge in [0.2, 0.25) is 0 Å². The van der Waals surface area contributed by atoms with Gasteiger partial charge in [-0.05, 0) is 41.1 Å². The Morgan fingerprint density at radius 2 is 1.24 bits per heavy atom. The van der Waals surface area contributed by atoms with Crippen LogP contribution in [0.1, 0.15) is 0 Å². The molecule has 3 nitrogen and oxygen atoms in total. The Kier molecular flexibility index (Phi) is 3.66. The van der Waals surface area contributed by atoms with Gasteiger partial charge in [0.25, 0.3) is 0 Å². The highest BCUT2D eigenvalue weighted by Crippen LogP contribution is 2.46. The number of aromatic nitrogens is 2. The molecule has 0 atom stereocenters. The van der Waals surface area contributed by atoms with Crippen molar-refractivity contribution < 1.29 is 5.11 Å². The molecule has 0 spiro atoms. The van der Waals surface area contributed by atoms with E-state index in [2.05, 4.69) is 18.2 Å². The van der Waals surface area contributed by atoms with Crippen molar-refractivity contribution in [1.82, 2.24) is 9.97 Å². The molecule has 0 saturated heterocycles. The summed E-state index contributed by atoms with van der Waals surface area (Å²) < 4.78 is 2.22. The highest BCUT2D eigenvalue weighted by molar-refractivity contribution is 7.22. The fraction of sp³-hybridized carbons (Fsp3) is 0. The van der Waals surface area contributed by atoms with Crippen LogP contribution in [0.3, 0.4) is 0 Å². The van der Waals surface area contributed by atoms with Crippen LogP contribution in [0.15, 0.2) is 78.9 Å². The fourth-order valence-corrected chi connectivity index (χ4v) is 5.69. The lowest BCUT2D eigenvalue weighted by molar-refractivity contribution is 0.480. The summed E-state index contributed by atoms with van der Waals surface area (Å²) in [6.07, 6.45) is 0. The number of para-hydroxylation sites is 2. The molecule has 4 aromatic carbocycles. The molecule has 0 aliphatic carbocycles. The number of rotatable bonds is 2. The number of hydrogen-bond acceptors (Lipinski definition) is 5. The van der Waals surface area contributed by atoms with Crippen LogP contribution < -0.4 is 0 Å². The molecule has 0 aliphatic heterocycles. The SMILES string of the molecule is Oc1c(-c2nc3ccccc3s2)cc2ccccc2c1-c1nc2ccccc2s1. The van der Waals surface area contributed by atoms with E-state index in [9.17, 15) is 5.11 Å². The van der Waals surface area contributed by atoms with Gasteiger partial charge in [-0.15, -0.1) is 22.7 Å². The predicted molar refractivity (Wildman–Crippen MR) is 123 cm³/mol. The summed E-state index contributed by atoms with van der Waals surface area (Å²) in [5.74, 6) is 0.238. The molecule has 1 N–H and O–H groups in total. The molecule has 138 valence electrons. The third-order valence-corrected chi connectivity index (χ3v) is 7.18. The van der Waals surface area contributed by atoms with Crippen molar-refractivity contribution in [3.05, 3.63) is 78.9 Å². The van der Waals surface area contributed by atoms with Crippen LogP contribution >= 0.6 is 22.7 Å². The van der Waals surface area contributed by atoms with Crippen LogP contribution in [0.25, 0.3) is 52.3 Å². The Morgan fingerprint density at radius 3 is 1.97 bits per heavy atom. The van der Waals surface area contributed by atoms with E-state index in [0.29, 0.717) is 0 Å². The summed E-state index contributed by atoms with van der Waals surface area (Å²) in [7, 11) is 0. The first-order chi connectivity index (χ1) is 14.3. The Hall–Kier alpha value is -3.28. The molecule has 6 aromatic rings. The number of thiazole rings is 2. The minimum atomic E-state index is 0.238. The van der Waals surface area contributed by atoms with E-state index >= 15 is 0 Å². The normalized spacial score (nSPS) is 11.6. The van der Waals surface area contributed by atoms with Crippen LogP contribution in [0.4, 0.5) is 0 Å². The van der Waals surface area contributed by atoms with E-state index in [1.165, 1.54) is 0 Å². The summed E-state index contributed by atoms with van der Waals surface area (Å²) in [5, 5.41) is 15.1. The van der Waals surface area contributed by atoms with Crippen LogP contribution in [0.2, 0.25) is 0 Å². The van der Waals surface area contributed by atoms with Crippen molar-refractivity contribution in [1.29, 1.82) is 0 Å². The summed E-state index contributed by atoms with van der Waals surface area (Å²) >= 11 is 3.19. The lowest BCUT2D eigenvalue weighted by Crippen LogP contribution is -1.87. The van der Waals surface area contributed by atoms with Gasteiger partial charge in [0.1, 0.15) is 15.8 Å². The van der Waals surface area contributed by atoms with Crippen molar-refractivity contribution in [2.24, 2.45) is 0 Å². The summed E-state index contributed by atoms with van der Waals surface area (Å²) in [6, 6.07) is 26.3. The molecule has 6 rings (SSSR count). The Morgan fingerprint density at radius 1 is 0.655 bits per heavy atom. The molecule has 0 amide bonds. The lowest BCUT2D eigenvalue weighted by atomic mass is 9.99. The Bertz CT molecular complexity index is 1460. The second kappa shape index (κ2) is 6.37. The van der Waals surface area contributed by atoms with Gasteiger partial charge in [-0.25, -0.2) is 9.97 Å². The Balaban J connectivity index is 1.68. The molecular weight excluding hydrogens is 396 g/mol. The number of benzene rings is 4. The first kappa shape index (κ1) is 16.7. The molecule has 2 aromatic heterocycles. The van der Waals surface area contributed by atoms with Crippen molar-refractivity contribution >= 4 is 53.9 Å². The number of hydrogen-bond donors (Lipinski definition) is 1. The van der Waals surface area contributed by atoms with Gasteiger partial charge in [-0.2, -0.15) is 0 Å². The number of nitrogens with zero attached hydrogens (tertiary/aromatic N) is 2. The molecular formula is C24H14N2OS2. The van der Waals surface area contributed by atoms with E-state index < -0.39 is 0 Å². The van der Waals surface area contributed by atoms with Gasteiger partial charge >= 0.3 is 0 Å². The second-order valence-corrected chi connectivity index (χ2v) is 8.90. The monoisotopic (exact) mass is 410 g/mol. The van der Waals surface area contributed by atoms with Crippen molar-refractivity contribution in [2.75, 3.05) is 0 Å². The van der Waals surface area contributed by atoms with Crippen molar-refractivity contribution in [3.63, 3.8) is 0 Å². The topological polar surface area (TPSA) is 46.0 Å². The van der Waals surface area contributed by atoms with Gasteiger partial charge in [0.05, 0.1) is 31.6 Å². The number of phenolic OH excluding ortho intramolecular Hbond substituents is 1. The predicted octanol–water partition coefficient (Wildman–Crippen LogP) is 7.10. The average Bonchev–Trinajstić information content (AvgIpc) is 3.37. The first-order valence-electron chi connectivity index (χ1n) is 9.24. The average molecular weight is 411 g/mol. The third kappa shape index (κ3) is 2.63. The van der Waals surface area contributed by atoms with Gasteiger partial charge < -0.3 is 5.11 Å². The zero-order valence-corrected chi connectivity index (χ0v) is 16.8. The third-order valence-electron chi connectivity index (χ3n) is 5.05. The van der Waals surface area contributed by atoms with E-state index in [1.54, 1.807) is 22.7 Å². The minimum Gasteiger partial charge on any atom is -0.506 e. The zero-order valence-electron chi connectivity index (χ0n) is 15.2. The van der Waals surface area contributed by atoms with Crippen LogP contribution in [-0.2, 0) is 0 Å². The zero-order chi connectivity index (χ0) is 19.4. The molecule has 0 radical (unpaired) electrons. The second-order valence-electron chi connectivity index (χ2n) is 6.84. The van der Waals surface area contributed by atoms with Gasteiger partial charge in [-0.1, -0.05) is 48.5 Å². The van der Waals surface area contributed by atoms with E-state index in [0.717, 1.165) is 52.3 Å². The molecule has 0 bridgehead atoms. The maximum absolute atomic E-state index is 11.4. The molecule has 0 fully saturated rings. The number of aromatic hydroxyl groups is 1. The maximum atomic E-state index is 11.4. The maximum Gasteiger partial charge on any atom is 0.136 e. The number of fused-ring (bicyclic) bond motifs is 3. The summed E-state index contributed by atoms with van der Waals surface area (Å²) in [4.78, 5) is 9.58. The molecule has 0 aliphatic rings. The molecule has 5 heteroatoms. The fourth-order valence-electron chi connectivity index (χ4n) is 3.68. The highest BCUT2D eigenvalue weighted by atomic mass is 32.1. The van der Waals surface area contributed by atoms with Crippen molar-refractivity contribution in [3.8, 4) is 26.9 Å². The van der Waals surface area contributed by atoms with Gasteiger partial charge in [0, 0.05) is 0 Å². The van der Waals surface area contributed by atoms with Gasteiger partial charge in [0.15, 0.2) is 0 Å². The smallest absolute Gasteiger partial charge is 0.136 e. The molecule has 0 saturated carbocycles. The van der Waals surface area contributed by atoms with E-state index in [4.69, 9.17) is 9.97 Å². The quantitative estimate of drug-likeness (QED) is 0.331. The van der Waals surface area contributed by atoms with Gasteiger partial charge in [-0.3, -0.25) is 0 Å². The molecule has 0 unspecified atom stereocenters. The summed E-state index contributed by atoms with van der Waals surface area (Å²) in [5.41, 5.74) is 3.42. The molecule has 29 heavy (non-hydrogen) atoms. The van der Waals surface area contributed by atoms with E-state index in [-0.39, 0.29) is 5.75 Å². The number of phenols is 1.